The summed E-state index contributed by atoms with van der Waals surface area (Å²) in [6.07, 6.45) is 1.46. The Hall–Kier alpha value is -3.42. The maximum absolute atomic E-state index is 12.2. The first kappa shape index (κ1) is 13.3. The van der Waals surface area contributed by atoms with Gasteiger partial charge >= 0.3 is 5.88 Å². The zero-order valence-electron chi connectivity index (χ0n) is 12.0. The lowest BCUT2D eigenvalue weighted by Gasteiger charge is -2.14. The summed E-state index contributed by atoms with van der Waals surface area (Å²) in [6.45, 7) is 0. The van der Waals surface area contributed by atoms with Gasteiger partial charge in [0.25, 0.3) is 5.91 Å². The predicted molar refractivity (Wildman–Crippen MR) is 83.1 cm³/mol. The molecule has 0 unspecified atom stereocenters. The number of amides is 1. The number of carbonyl (C=O) groups excluding carboxylic acids is 1. The number of benzene rings is 1. The number of anilines is 2. The Bertz CT molecular complexity index is 912. The van der Waals surface area contributed by atoms with E-state index in [2.05, 4.69) is 4.99 Å². The van der Waals surface area contributed by atoms with Gasteiger partial charge in [-0.1, -0.05) is 12.1 Å². The largest absolute Gasteiger partial charge is 0.433 e. The van der Waals surface area contributed by atoms with Crippen LogP contribution in [0, 0.1) is 10.1 Å². The van der Waals surface area contributed by atoms with Crippen LogP contribution in [0.1, 0.15) is 5.76 Å². The van der Waals surface area contributed by atoms with E-state index in [4.69, 9.17) is 4.42 Å². The van der Waals surface area contributed by atoms with Gasteiger partial charge in [-0.2, -0.15) is 4.99 Å². The predicted octanol–water partition coefficient (Wildman–Crippen LogP) is 2.38. The van der Waals surface area contributed by atoms with Crippen LogP contribution in [-0.2, 0) is 4.79 Å². The molecule has 0 saturated carbocycles. The molecule has 2 aliphatic heterocycles. The quantitative estimate of drug-likeness (QED) is 0.480. The molecule has 3 heterocycles. The van der Waals surface area contributed by atoms with E-state index >= 15 is 0 Å². The highest BCUT2D eigenvalue weighted by Crippen LogP contribution is 2.41. The maximum atomic E-state index is 12.2. The number of hydrogen-bond donors (Lipinski definition) is 0. The fourth-order valence-corrected chi connectivity index (χ4v) is 2.69. The fourth-order valence-electron chi connectivity index (χ4n) is 2.69. The van der Waals surface area contributed by atoms with Crippen molar-refractivity contribution in [3.63, 3.8) is 0 Å². The molecule has 0 spiro atoms. The van der Waals surface area contributed by atoms with Crippen molar-refractivity contribution in [1.29, 1.82) is 0 Å². The van der Waals surface area contributed by atoms with Gasteiger partial charge in [-0.3, -0.25) is 19.8 Å². The molecular formula is C15H10N4O4. The highest BCUT2D eigenvalue weighted by Gasteiger charge is 2.40. The van der Waals surface area contributed by atoms with Gasteiger partial charge in [-0.05, 0) is 18.2 Å². The molecule has 1 amide bonds. The third kappa shape index (κ3) is 1.85. The monoisotopic (exact) mass is 310 g/mol. The summed E-state index contributed by atoms with van der Waals surface area (Å²) in [6, 6.07) is 10.3. The van der Waals surface area contributed by atoms with E-state index in [9.17, 15) is 14.9 Å². The maximum Gasteiger partial charge on any atom is 0.433 e. The molecule has 114 valence electrons. The first-order valence-electron chi connectivity index (χ1n) is 6.78. The molecule has 23 heavy (non-hydrogen) atoms. The molecule has 0 N–H and O–H groups in total. The van der Waals surface area contributed by atoms with E-state index in [1.807, 2.05) is 36.2 Å². The first-order valence-corrected chi connectivity index (χ1v) is 6.78. The van der Waals surface area contributed by atoms with E-state index in [1.54, 1.807) is 4.90 Å². The summed E-state index contributed by atoms with van der Waals surface area (Å²) in [4.78, 5) is 29.8. The molecule has 0 fully saturated rings. The smallest absolute Gasteiger partial charge is 0.401 e. The second-order valence-corrected chi connectivity index (χ2v) is 5.06. The number of guanidine groups is 1. The van der Waals surface area contributed by atoms with E-state index in [1.165, 1.54) is 18.2 Å². The molecule has 0 radical (unpaired) electrons. The molecule has 1 aromatic carbocycles. The van der Waals surface area contributed by atoms with Crippen LogP contribution in [0.4, 0.5) is 17.3 Å². The number of furan rings is 1. The van der Waals surface area contributed by atoms with Crippen molar-refractivity contribution >= 4 is 35.2 Å². The lowest BCUT2D eigenvalue weighted by atomic mass is 10.2. The number of carbonyl (C=O) groups is 1. The van der Waals surface area contributed by atoms with Crippen LogP contribution in [0.15, 0.2) is 51.5 Å². The van der Waals surface area contributed by atoms with Crippen molar-refractivity contribution in [2.45, 2.75) is 0 Å². The SMILES string of the molecule is CN1C2=NC(=O)/C(=C\c3ccc([N+](=O)[O-])o3)N2c2ccccc21. The standard InChI is InChI=1S/C15H10N4O4/c1-17-10-4-2-3-5-11(10)18-12(14(20)16-15(17)18)8-9-6-7-13(23-9)19(21)22/h2-8H,1H3/b12-8+. The van der Waals surface area contributed by atoms with Crippen molar-refractivity contribution in [3.8, 4) is 0 Å². The van der Waals surface area contributed by atoms with Crippen LogP contribution in [0.2, 0.25) is 0 Å². The molecular weight excluding hydrogens is 300 g/mol. The van der Waals surface area contributed by atoms with E-state index in [0.717, 1.165) is 11.4 Å². The molecule has 0 aliphatic carbocycles. The van der Waals surface area contributed by atoms with Crippen LogP contribution in [0.3, 0.4) is 0 Å². The summed E-state index contributed by atoms with van der Waals surface area (Å²) in [7, 11) is 1.83. The van der Waals surface area contributed by atoms with Crippen molar-refractivity contribution in [2.24, 2.45) is 4.99 Å². The first-order chi connectivity index (χ1) is 11.1. The molecule has 2 aliphatic rings. The van der Waals surface area contributed by atoms with Crippen molar-refractivity contribution in [1.82, 2.24) is 0 Å². The van der Waals surface area contributed by atoms with Gasteiger partial charge in [0.2, 0.25) is 5.96 Å². The fraction of sp³-hybridized carbons (Fsp3) is 0.0667. The number of para-hydroxylation sites is 2. The number of aliphatic imine (C=N–C) groups is 1. The van der Waals surface area contributed by atoms with Crippen LogP contribution in [0.25, 0.3) is 6.08 Å². The Kier molecular flexibility index (Phi) is 2.61. The topological polar surface area (TPSA) is 92.2 Å². The summed E-state index contributed by atoms with van der Waals surface area (Å²) in [5.41, 5.74) is 2.04. The molecule has 0 saturated heterocycles. The number of nitro groups is 1. The summed E-state index contributed by atoms with van der Waals surface area (Å²) >= 11 is 0. The van der Waals surface area contributed by atoms with Gasteiger partial charge in [0, 0.05) is 13.1 Å². The molecule has 0 atom stereocenters. The van der Waals surface area contributed by atoms with Crippen molar-refractivity contribution in [2.75, 3.05) is 16.8 Å². The molecule has 0 bridgehead atoms. The van der Waals surface area contributed by atoms with Crippen molar-refractivity contribution in [3.05, 3.63) is 58.0 Å². The van der Waals surface area contributed by atoms with E-state index < -0.39 is 10.8 Å². The minimum Gasteiger partial charge on any atom is -0.401 e. The Morgan fingerprint density at radius 1 is 1.22 bits per heavy atom. The Morgan fingerprint density at radius 2 is 1.96 bits per heavy atom. The number of rotatable bonds is 2. The summed E-state index contributed by atoms with van der Waals surface area (Å²) < 4.78 is 5.10. The van der Waals surface area contributed by atoms with Crippen LogP contribution in [0.5, 0.6) is 0 Å². The zero-order valence-corrected chi connectivity index (χ0v) is 12.0. The molecule has 4 rings (SSSR count). The average Bonchev–Trinajstić information content (AvgIpc) is 3.19. The second kappa shape index (κ2) is 4.54. The normalized spacial score (nSPS) is 17.5. The van der Waals surface area contributed by atoms with Gasteiger partial charge in [-0.25, -0.2) is 0 Å². The summed E-state index contributed by atoms with van der Waals surface area (Å²) in [5, 5.41) is 10.7. The average molecular weight is 310 g/mol. The lowest BCUT2D eigenvalue weighted by molar-refractivity contribution is -0.402. The minimum atomic E-state index is -0.626. The molecule has 8 heteroatoms. The number of hydrogen-bond acceptors (Lipinski definition) is 6. The molecule has 2 aromatic rings. The van der Waals surface area contributed by atoms with Gasteiger partial charge < -0.3 is 9.32 Å². The Labute approximate surface area is 130 Å². The Morgan fingerprint density at radius 3 is 2.65 bits per heavy atom. The third-order valence-corrected chi connectivity index (χ3v) is 3.72. The third-order valence-electron chi connectivity index (χ3n) is 3.72. The highest BCUT2D eigenvalue weighted by molar-refractivity contribution is 6.30. The van der Waals surface area contributed by atoms with Crippen LogP contribution >= 0.6 is 0 Å². The number of nitrogens with zero attached hydrogens (tertiary/aromatic N) is 4. The van der Waals surface area contributed by atoms with Gasteiger partial charge in [-0.15, -0.1) is 0 Å². The minimum absolute atomic E-state index is 0.225. The number of fused-ring (bicyclic) bond motifs is 3. The van der Waals surface area contributed by atoms with E-state index in [-0.39, 0.29) is 11.6 Å². The van der Waals surface area contributed by atoms with Gasteiger partial charge in [0.1, 0.15) is 16.4 Å². The van der Waals surface area contributed by atoms with Gasteiger partial charge in [0.05, 0.1) is 17.4 Å². The van der Waals surface area contributed by atoms with Crippen LogP contribution in [-0.4, -0.2) is 23.8 Å². The Balaban J connectivity index is 1.80. The van der Waals surface area contributed by atoms with Crippen LogP contribution < -0.4 is 9.80 Å². The molecule has 1 aromatic heterocycles. The van der Waals surface area contributed by atoms with E-state index in [0.29, 0.717) is 11.7 Å². The highest BCUT2D eigenvalue weighted by atomic mass is 16.6. The second-order valence-electron chi connectivity index (χ2n) is 5.06. The molecule has 8 nitrogen and oxygen atoms in total. The van der Waals surface area contributed by atoms with Gasteiger partial charge in [0.15, 0.2) is 0 Å². The lowest BCUT2D eigenvalue weighted by Crippen LogP contribution is -2.31. The summed E-state index contributed by atoms with van der Waals surface area (Å²) in [5.74, 6) is -0.0603. The zero-order chi connectivity index (χ0) is 16.1. The van der Waals surface area contributed by atoms with Crippen molar-refractivity contribution < 1.29 is 14.1 Å².